The molecule has 0 aromatic carbocycles. The fourth-order valence-electron chi connectivity index (χ4n) is 2.50. The predicted octanol–water partition coefficient (Wildman–Crippen LogP) is 1.34. The zero-order valence-electron chi connectivity index (χ0n) is 14.0. The fraction of sp³-hybridized carbons (Fsp3) is 0.867. The van der Waals surface area contributed by atoms with Gasteiger partial charge >= 0.3 is 18.9 Å². The van der Waals surface area contributed by atoms with Gasteiger partial charge in [-0.15, -0.1) is 11.4 Å². The molecule has 0 bridgehead atoms. The van der Waals surface area contributed by atoms with Crippen LogP contribution in [0.15, 0.2) is 12.1 Å². The SMILES string of the molecule is CC(C)(C)[B-]1(/C=C/C2CC2)OC(C)(C)C(C)(C)O1.[Li+]. The number of hydrogen-bond donors (Lipinski definition) is 0. The second-order valence-corrected chi connectivity index (χ2v) is 8.12. The van der Waals surface area contributed by atoms with Gasteiger partial charge in [0, 0.05) is 11.2 Å². The number of hydrogen-bond acceptors (Lipinski definition) is 2. The molecule has 0 atom stereocenters. The smallest absolute Gasteiger partial charge is 0.558 e. The third-order valence-corrected chi connectivity index (χ3v) is 4.86. The van der Waals surface area contributed by atoms with E-state index in [0.29, 0.717) is 0 Å². The van der Waals surface area contributed by atoms with Gasteiger partial charge in [-0.25, -0.2) is 0 Å². The largest absolute Gasteiger partial charge is 1.00 e. The molecule has 0 amide bonds. The van der Waals surface area contributed by atoms with Crippen LogP contribution in [0.5, 0.6) is 0 Å². The van der Waals surface area contributed by atoms with E-state index in [-0.39, 0.29) is 35.4 Å². The average molecular weight is 258 g/mol. The molecule has 2 rings (SSSR count). The van der Waals surface area contributed by atoms with E-state index in [1.54, 1.807) is 0 Å². The van der Waals surface area contributed by atoms with Gasteiger partial charge in [-0.3, -0.25) is 0 Å². The van der Waals surface area contributed by atoms with E-state index < -0.39 is 6.55 Å². The van der Waals surface area contributed by atoms with Crippen LogP contribution in [0.25, 0.3) is 0 Å². The Hall–Kier alpha value is 0.322. The quantitative estimate of drug-likeness (QED) is 0.696. The van der Waals surface area contributed by atoms with Crippen LogP contribution >= 0.6 is 0 Å². The molecule has 2 fully saturated rings. The zero-order chi connectivity index (χ0) is 13.8. The minimum atomic E-state index is -1.37. The van der Waals surface area contributed by atoms with Gasteiger partial charge in [-0.1, -0.05) is 20.8 Å². The van der Waals surface area contributed by atoms with Crippen LogP contribution in [-0.2, 0) is 9.31 Å². The van der Waals surface area contributed by atoms with Crippen molar-refractivity contribution >= 4 is 6.55 Å². The van der Waals surface area contributed by atoms with Crippen LogP contribution in [0, 0.1) is 5.92 Å². The molecule has 2 aliphatic rings. The van der Waals surface area contributed by atoms with Crippen LogP contribution in [0.4, 0.5) is 0 Å². The van der Waals surface area contributed by atoms with Crippen LogP contribution in [0.1, 0.15) is 61.3 Å². The molecule has 1 saturated carbocycles. The standard InChI is InChI=1S/C15H28BO2.Li/c1-13(2,3)16(11-10-12-8-9-12)17-14(4,5)15(6,7)18-16;/h10-12H,8-9H2,1-7H3;/q-1;+1/b11-10+;. The Kier molecular flexibility index (Phi) is 4.53. The van der Waals surface area contributed by atoms with Gasteiger partial charge in [0.15, 0.2) is 0 Å². The minimum Gasteiger partial charge on any atom is -0.558 e. The Morgan fingerprint density at radius 2 is 1.42 bits per heavy atom. The van der Waals surface area contributed by atoms with Gasteiger partial charge < -0.3 is 9.31 Å². The predicted molar refractivity (Wildman–Crippen MR) is 77.7 cm³/mol. The van der Waals surface area contributed by atoms with E-state index in [1.165, 1.54) is 12.8 Å². The minimum absolute atomic E-state index is 0. The van der Waals surface area contributed by atoms with Gasteiger partial charge in [0.1, 0.15) is 0 Å². The molecule has 104 valence electrons. The molecule has 0 aromatic heterocycles. The topological polar surface area (TPSA) is 18.5 Å². The molecule has 1 aliphatic carbocycles. The van der Waals surface area contributed by atoms with Crippen LogP contribution in [-0.4, -0.2) is 17.8 Å². The number of rotatable bonds is 2. The molecule has 0 aromatic rings. The molecule has 4 heteroatoms. The van der Waals surface area contributed by atoms with Gasteiger partial charge in [-0.05, 0) is 46.5 Å². The second-order valence-electron chi connectivity index (χ2n) is 8.12. The summed E-state index contributed by atoms with van der Waals surface area (Å²) in [7, 11) is 0. The van der Waals surface area contributed by atoms with Crippen LogP contribution < -0.4 is 18.9 Å². The summed E-state index contributed by atoms with van der Waals surface area (Å²) in [5.74, 6) is 2.99. The maximum absolute atomic E-state index is 6.45. The molecule has 1 saturated heterocycles. The van der Waals surface area contributed by atoms with E-state index in [1.807, 2.05) is 0 Å². The first-order valence-corrected chi connectivity index (χ1v) is 7.23. The molecular weight excluding hydrogens is 230 g/mol. The van der Waals surface area contributed by atoms with Crippen molar-refractivity contribution in [3.63, 3.8) is 0 Å². The molecule has 0 unspecified atom stereocenters. The summed E-state index contributed by atoms with van der Waals surface area (Å²) < 4.78 is 12.9. The van der Waals surface area contributed by atoms with Crippen molar-refractivity contribution in [2.45, 2.75) is 77.8 Å². The van der Waals surface area contributed by atoms with Gasteiger partial charge in [0.05, 0.1) is 0 Å². The Balaban J connectivity index is 0.00000180. The summed E-state index contributed by atoms with van der Waals surface area (Å²) in [6.07, 6.45) is 4.95. The van der Waals surface area contributed by atoms with Crippen molar-refractivity contribution in [2.24, 2.45) is 5.92 Å². The van der Waals surface area contributed by atoms with Crippen molar-refractivity contribution in [3.8, 4) is 0 Å². The van der Waals surface area contributed by atoms with Crippen molar-refractivity contribution in [1.82, 2.24) is 0 Å². The maximum atomic E-state index is 6.45. The Labute approximate surface area is 130 Å². The average Bonchev–Trinajstić information content (AvgIpc) is 2.90. The second kappa shape index (κ2) is 4.95. The molecule has 2 nitrogen and oxygen atoms in total. The third-order valence-electron chi connectivity index (χ3n) is 4.86. The third kappa shape index (κ3) is 3.16. The first-order valence-electron chi connectivity index (χ1n) is 7.23. The van der Waals surface area contributed by atoms with Gasteiger partial charge in [-0.2, -0.15) is 5.98 Å². The molecule has 0 spiro atoms. The van der Waals surface area contributed by atoms with Gasteiger partial charge in [0.25, 0.3) is 6.55 Å². The normalized spacial score (nSPS) is 28.4. The van der Waals surface area contributed by atoms with E-state index in [2.05, 4.69) is 60.5 Å². The summed E-state index contributed by atoms with van der Waals surface area (Å²) in [6, 6.07) is 0. The molecule has 1 aliphatic heterocycles. The summed E-state index contributed by atoms with van der Waals surface area (Å²) in [5.41, 5.74) is -0.512. The summed E-state index contributed by atoms with van der Waals surface area (Å²) >= 11 is 0. The zero-order valence-corrected chi connectivity index (χ0v) is 14.0. The molecular formula is C15H28BLiO2. The van der Waals surface area contributed by atoms with E-state index in [9.17, 15) is 0 Å². The maximum Gasteiger partial charge on any atom is 1.00 e. The van der Waals surface area contributed by atoms with Crippen molar-refractivity contribution in [3.05, 3.63) is 12.1 Å². The van der Waals surface area contributed by atoms with Crippen LogP contribution in [0.2, 0.25) is 5.31 Å². The molecule has 0 radical (unpaired) electrons. The molecule has 19 heavy (non-hydrogen) atoms. The first kappa shape index (κ1) is 17.4. The van der Waals surface area contributed by atoms with Crippen molar-refractivity contribution in [2.75, 3.05) is 0 Å². The van der Waals surface area contributed by atoms with Crippen LogP contribution in [0.3, 0.4) is 0 Å². The number of allylic oxidation sites excluding steroid dienone is 1. The summed E-state index contributed by atoms with van der Waals surface area (Å²) in [5, 5.41) is -0.0174. The van der Waals surface area contributed by atoms with Crippen molar-refractivity contribution in [1.29, 1.82) is 0 Å². The summed E-state index contributed by atoms with van der Waals surface area (Å²) in [6.45, 7) is 13.8. The summed E-state index contributed by atoms with van der Waals surface area (Å²) in [4.78, 5) is 0. The van der Waals surface area contributed by atoms with E-state index >= 15 is 0 Å². The van der Waals surface area contributed by atoms with E-state index in [0.717, 1.165) is 5.92 Å². The monoisotopic (exact) mass is 258 g/mol. The fourth-order valence-corrected chi connectivity index (χ4v) is 2.50. The Bertz CT molecular complexity index is 349. The molecule has 1 heterocycles. The van der Waals surface area contributed by atoms with E-state index in [4.69, 9.17) is 9.31 Å². The van der Waals surface area contributed by atoms with Crippen molar-refractivity contribution < 1.29 is 28.2 Å². The molecule has 0 N–H and O–H groups in total. The van der Waals surface area contributed by atoms with Gasteiger partial charge in [0.2, 0.25) is 0 Å². The Morgan fingerprint density at radius 3 is 1.74 bits per heavy atom. The Morgan fingerprint density at radius 1 is 1.00 bits per heavy atom. The first-order chi connectivity index (χ1) is 7.99.